The number of amides is 1. The van der Waals surface area contributed by atoms with Crippen LogP contribution in [0.4, 0.5) is 8.78 Å². The number of hydrogen-bond acceptors (Lipinski definition) is 2. The van der Waals surface area contributed by atoms with Crippen LogP contribution < -0.4 is 5.32 Å². The molecule has 2 N–H and O–H groups in total. The first-order chi connectivity index (χ1) is 9.54. The number of carbonyl (C=O) groups is 1. The predicted molar refractivity (Wildman–Crippen MR) is 71.1 cm³/mol. The lowest BCUT2D eigenvalue weighted by atomic mass is 10.1. The predicted octanol–water partition coefficient (Wildman–Crippen LogP) is 2.18. The normalized spacial score (nSPS) is 15.9. The lowest BCUT2D eigenvalue weighted by Gasteiger charge is -2.12. The minimum absolute atomic E-state index is 0.0627. The van der Waals surface area contributed by atoms with Gasteiger partial charge in [0.2, 0.25) is 5.91 Å². The van der Waals surface area contributed by atoms with Gasteiger partial charge in [0.25, 0.3) is 0 Å². The van der Waals surface area contributed by atoms with Crippen molar-refractivity contribution < 1.29 is 18.7 Å². The molecule has 0 bridgehead atoms. The van der Waals surface area contributed by atoms with Gasteiger partial charge in [-0.3, -0.25) is 4.79 Å². The van der Waals surface area contributed by atoms with Gasteiger partial charge in [0.05, 0.1) is 6.61 Å². The number of benzene rings is 1. The quantitative estimate of drug-likeness (QED) is 0.806. The summed E-state index contributed by atoms with van der Waals surface area (Å²) in [6.45, 7) is 0.635. The fraction of sp³-hybridized carbons (Fsp3) is 0.533. The maximum Gasteiger partial charge on any atom is 0.220 e. The second-order valence-corrected chi connectivity index (χ2v) is 5.54. The molecule has 0 radical (unpaired) electrons. The first kappa shape index (κ1) is 14.9. The molecule has 1 amide bonds. The van der Waals surface area contributed by atoms with Crippen molar-refractivity contribution in [2.45, 2.75) is 32.1 Å². The third-order valence-corrected chi connectivity index (χ3v) is 3.81. The van der Waals surface area contributed by atoms with Crippen molar-refractivity contribution in [3.8, 4) is 0 Å². The van der Waals surface area contributed by atoms with Crippen LogP contribution in [0.25, 0.3) is 0 Å². The van der Waals surface area contributed by atoms with Crippen LogP contribution in [-0.4, -0.2) is 24.2 Å². The summed E-state index contributed by atoms with van der Waals surface area (Å²) in [5.41, 5.74) is 0.598. The number of halogens is 2. The zero-order valence-corrected chi connectivity index (χ0v) is 11.3. The van der Waals surface area contributed by atoms with Gasteiger partial charge >= 0.3 is 0 Å². The first-order valence-corrected chi connectivity index (χ1v) is 6.86. The van der Waals surface area contributed by atoms with Gasteiger partial charge < -0.3 is 10.4 Å². The molecular weight excluding hydrogens is 264 g/mol. The summed E-state index contributed by atoms with van der Waals surface area (Å²) in [7, 11) is 0. The van der Waals surface area contributed by atoms with Crippen LogP contribution >= 0.6 is 0 Å². The van der Waals surface area contributed by atoms with Gasteiger partial charge in [0.1, 0.15) is 0 Å². The van der Waals surface area contributed by atoms with Crippen LogP contribution in [0, 0.1) is 17.0 Å². The molecule has 0 atom stereocenters. The molecule has 1 fully saturated rings. The second kappa shape index (κ2) is 6.31. The van der Waals surface area contributed by atoms with Crippen molar-refractivity contribution in [1.29, 1.82) is 0 Å². The van der Waals surface area contributed by atoms with E-state index in [4.69, 9.17) is 5.11 Å². The highest BCUT2D eigenvalue weighted by atomic mass is 19.2. The van der Waals surface area contributed by atoms with E-state index in [9.17, 15) is 13.6 Å². The maximum atomic E-state index is 13.0. The lowest BCUT2D eigenvalue weighted by molar-refractivity contribution is -0.121. The van der Waals surface area contributed by atoms with Crippen LogP contribution in [0.5, 0.6) is 0 Å². The minimum atomic E-state index is -0.856. The SMILES string of the molecule is O=C(CCCc1ccc(F)c(F)c1)NCC1(CO)CC1. The summed E-state index contributed by atoms with van der Waals surface area (Å²) < 4.78 is 25.7. The zero-order chi connectivity index (χ0) is 14.6. The van der Waals surface area contributed by atoms with E-state index >= 15 is 0 Å². The fourth-order valence-corrected chi connectivity index (χ4v) is 2.09. The molecule has 0 unspecified atom stereocenters. The Kier molecular flexibility index (Phi) is 4.70. The number of aliphatic hydroxyl groups is 1. The van der Waals surface area contributed by atoms with Crippen molar-refractivity contribution in [3.63, 3.8) is 0 Å². The molecule has 1 aromatic carbocycles. The molecule has 0 aromatic heterocycles. The highest BCUT2D eigenvalue weighted by Crippen LogP contribution is 2.44. The third-order valence-electron chi connectivity index (χ3n) is 3.81. The molecule has 20 heavy (non-hydrogen) atoms. The van der Waals surface area contributed by atoms with Crippen molar-refractivity contribution in [2.75, 3.05) is 13.2 Å². The molecule has 2 rings (SSSR count). The van der Waals surface area contributed by atoms with E-state index in [0.29, 0.717) is 31.4 Å². The fourth-order valence-electron chi connectivity index (χ4n) is 2.09. The average molecular weight is 283 g/mol. The molecule has 1 aliphatic rings. The number of aliphatic hydroxyl groups excluding tert-OH is 1. The maximum absolute atomic E-state index is 13.0. The highest BCUT2D eigenvalue weighted by Gasteiger charge is 2.41. The Morgan fingerprint density at radius 3 is 2.65 bits per heavy atom. The average Bonchev–Trinajstić information content (AvgIpc) is 3.21. The Labute approximate surface area is 117 Å². The van der Waals surface area contributed by atoms with Crippen LogP contribution in [0.3, 0.4) is 0 Å². The molecule has 0 spiro atoms. The summed E-state index contributed by atoms with van der Waals surface area (Å²) >= 11 is 0. The van der Waals surface area contributed by atoms with Crippen LogP contribution in [0.1, 0.15) is 31.2 Å². The van der Waals surface area contributed by atoms with Crippen molar-refractivity contribution in [1.82, 2.24) is 5.32 Å². The summed E-state index contributed by atoms with van der Waals surface area (Å²) in [5.74, 6) is -1.77. The van der Waals surface area contributed by atoms with Gasteiger partial charge in [-0.05, 0) is 43.4 Å². The minimum Gasteiger partial charge on any atom is -0.396 e. The van der Waals surface area contributed by atoms with E-state index in [1.54, 1.807) is 0 Å². The van der Waals surface area contributed by atoms with E-state index in [1.807, 2.05) is 0 Å². The van der Waals surface area contributed by atoms with Crippen molar-refractivity contribution in [2.24, 2.45) is 5.41 Å². The Hall–Kier alpha value is -1.49. The number of hydrogen-bond donors (Lipinski definition) is 2. The lowest BCUT2D eigenvalue weighted by Crippen LogP contribution is -2.31. The van der Waals surface area contributed by atoms with Crippen LogP contribution in [0.2, 0.25) is 0 Å². The Bertz CT molecular complexity index is 487. The molecule has 5 heteroatoms. The molecule has 0 aliphatic heterocycles. The number of carbonyl (C=O) groups excluding carboxylic acids is 1. The first-order valence-electron chi connectivity index (χ1n) is 6.86. The standard InChI is InChI=1S/C15H19F2NO2/c16-12-5-4-11(8-13(12)17)2-1-3-14(20)18-9-15(10-19)6-7-15/h4-5,8,19H,1-3,6-7,9-10H2,(H,18,20). The van der Waals surface area contributed by atoms with E-state index in [1.165, 1.54) is 6.07 Å². The second-order valence-electron chi connectivity index (χ2n) is 5.54. The molecule has 1 aliphatic carbocycles. The van der Waals surface area contributed by atoms with Gasteiger partial charge in [-0.15, -0.1) is 0 Å². The molecule has 0 saturated heterocycles. The van der Waals surface area contributed by atoms with Gasteiger partial charge in [0.15, 0.2) is 11.6 Å². The van der Waals surface area contributed by atoms with E-state index in [0.717, 1.165) is 25.0 Å². The molecular formula is C15H19F2NO2. The van der Waals surface area contributed by atoms with Crippen molar-refractivity contribution >= 4 is 5.91 Å². The molecule has 1 aromatic rings. The summed E-state index contributed by atoms with van der Waals surface area (Å²) in [6, 6.07) is 3.79. The van der Waals surface area contributed by atoms with E-state index < -0.39 is 11.6 Å². The Balaban J connectivity index is 1.67. The van der Waals surface area contributed by atoms with Crippen LogP contribution in [0.15, 0.2) is 18.2 Å². The number of nitrogens with one attached hydrogen (secondary N) is 1. The Morgan fingerprint density at radius 1 is 1.30 bits per heavy atom. The summed E-state index contributed by atoms with van der Waals surface area (Å²) in [4.78, 5) is 11.6. The number of aryl methyl sites for hydroxylation is 1. The zero-order valence-electron chi connectivity index (χ0n) is 11.3. The molecule has 0 heterocycles. The monoisotopic (exact) mass is 283 g/mol. The van der Waals surface area contributed by atoms with Crippen LogP contribution in [-0.2, 0) is 11.2 Å². The molecule has 3 nitrogen and oxygen atoms in total. The van der Waals surface area contributed by atoms with E-state index in [2.05, 4.69) is 5.32 Å². The van der Waals surface area contributed by atoms with Gasteiger partial charge in [-0.1, -0.05) is 6.07 Å². The van der Waals surface area contributed by atoms with Gasteiger partial charge in [0, 0.05) is 18.4 Å². The number of rotatable bonds is 7. The van der Waals surface area contributed by atoms with Gasteiger partial charge in [-0.25, -0.2) is 8.78 Å². The van der Waals surface area contributed by atoms with E-state index in [-0.39, 0.29) is 17.9 Å². The highest BCUT2D eigenvalue weighted by molar-refractivity contribution is 5.75. The Morgan fingerprint density at radius 2 is 2.05 bits per heavy atom. The van der Waals surface area contributed by atoms with Crippen molar-refractivity contribution in [3.05, 3.63) is 35.4 Å². The third kappa shape index (κ3) is 4.00. The summed E-state index contributed by atoms with van der Waals surface area (Å²) in [6.07, 6.45) is 3.39. The largest absolute Gasteiger partial charge is 0.396 e. The summed E-state index contributed by atoms with van der Waals surface area (Å²) in [5, 5.41) is 11.9. The molecule has 1 saturated carbocycles. The topological polar surface area (TPSA) is 49.3 Å². The van der Waals surface area contributed by atoms with Gasteiger partial charge in [-0.2, -0.15) is 0 Å². The smallest absolute Gasteiger partial charge is 0.220 e. The molecule has 110 valence electrons.